The summed E-state index contributed by atoms with van der Waals surface area (Å²) in [6.45, 7) is 2.04. The van der Waals surface area contributed by atoms with Crippen LogP contribution in [0.3, 0.4) is 0 Å². The van der Waals surface area contributed by atoms with Crippen LogP contribution in [0.2, 0.25) is 0 Å². The van der Waals surface area contributed by atoms with E-state index in [9.17, 15) is 14.0 Å². The van der Waals surface area contributed by atoms with E-state index in [0.29, 0.717) is 36.4 Å². The minimum absolute atomic E-state index is 0.0297. The van der Waals surface area contributed by atoms with Crippen LogP contribution in [0.5, 0.6) is 5.75 Å². The number of benzene rings is 1. The molecule has 2 aliphatic carbocycles. The lowest BCUT2D eigenvalue weighted by molar-refractivity contribution is 0.0956. The highest BCUT2D eigenvalue weighted by molar-refractivity contribution is 6.13. The van der Waals surface area contributed by atoms with Gasteiger partial charge < -0.3 is 20.4 Å². The summed E-state index contributed by atoms with van der Waals surface area (Å²) in [5.41, 5.74) is 1.89. The molecular formula is C21H24FN3O3. The predicted octanol–water partition coefficient (Wildman–Crippen LogP) is 3.30. The highest BCUT2D eigenvalue weighted by atomic mass is 19.1. The quantitative estimate of drug-likeness (QED) is 0.609. The SMILES string of the molecule is O=C(Nc1ccc(OCCNCC2CC2)c(F)c1)c1c[nH]c2c1C(=O)CCC2. The van der Waals surface area contributed by atoms with Gasteiger partial charge in [-0.1, -0.05) is 0 Å². The van der Waals surface area contributed by atoms with Crippen LogP contribution in [0.1, 0.15) is 52.1 Å². The van der Waals surface area contributed by atoms with E-state index in [2.05, 4.69) is 15.6 Å². The molecule has 7 heteroatoms. The first-order valence-corrected chi connectivity index (χ1v) is 9.79. The smallest absolute Gasteiger partial charge is 0.257 e. The number of H-pyrrole nitrogens is 1. The fraction of sp³-hybridized carbons (Fsp3) is 0.429. The van der Waals surface area contributed by atoms with E-state index < -0.39 is 11.7 Å². The fourth-order valence-electron chi connectivity index (χ4n) is 3.47. The van der Waals surface area contributed by atoms with Crippen LogP contribution >= 0.6 is 0 Å². The second-order valence-electron chi connectivity index (χ2n) is 7.43. The Morgan fingerprint density at radius 1 is 1.29 bits per heavy atom. The van der Waals surface area contributed by atoms with Crippen molar-refractivity contribution >= 4 is 17.4 Å². The van der Waals surface area contributed by atoms with Crippen molar-refractivity contribution in [2.24, 2.45) is 5.92 Å². The third kappa shape index (κ3) is 4.25. The average molecular weight is 385 g/mol. The molecule has 1 saturated carbocycles. The Morgan fingerprint density at radius 2 is 2.14 bits per heavy atom. The predicted molar refractivity (Wildman–Crippen MR) is 104 cm³/mol. The summed E-state index contributed by atoms with van der Waals surface area (Å²) in [6, 6.07) is 4.32. The van der Waals surface area contributed by atoms with E-state index in [0.717, 1.165) is 31.0 Å². The Morgan fingerprint density at radius 3 is 2.93 bits per heavy atom. The largest absolute Gasteiger partial charge is 0.489 e. The first-order valence-electron chi connectivity index (χ1n) is 9.79. The van der Waals surface area contributed by atoms with Crippen LogP contribution in [-0.4, -0.2) is 36.4 Å². The van der Waals surface area contributed by atoms with Gasteiger partial charge in [-0.15, -0.1) is 0 Å². The molecule has 0 radical (unpaired) electrons. The zero-order valence-electron chi connectivity index (χ0n) is 15.6. The maximum absolute atomic E-state index is 14.3. The highest BCUT2D eigenvalue weighted by Crippen LogP contribution is 2.28. The van der Waals surface area contributed by atoms with Crippen molar-refractivity contribution in [2.45, 2.75) is 32.1 Å². The number of hydrogen-bond donors (Lipinski definition) is 3. The molecule has 2 aromatic rings. The van der Waals surface area contributed by atoms with Crippen LogP contribution in [-0.2, 0) is 6.42 Å². The van der Waals surface area contributed by atoms with Gasteiger partial charge in [-0.2, -0.15) is 0 Å². The molecule has 1 heterocycles. The van der Waals surface area contributed by atoms with Gasteiger partial charge >= 0.3 is 0 Å². The van der Waals surface area contributed by atoms with Gasteiger partial charge in [-0.3, -0.25) is 9.59 Å². The monoisotopic (exact) mass is 385 g/mol. The number of ether oxygens (including phenoxy) is 1. The summed E-state index contributed by atoms with van der Waals surface area (Å²) in [7, 11) is 0. The number of aromatic nitrogens is 1. The number of aromatic amines is 1. The normalized spacial score (nSPS) is 16.0. The molecule has 148 valence electrons. The van der Waals surface area contributed by atoms with Crippen molar-refractivity contribution in [3.8, 4) is 5.75 Å². The van der Waals surface area contributed by atoms with Crippen molar-refractivity contribution in [1.29, 1.82) is 0 Å². The van der Waals surface area contributed by atoms with Crippen LogP contribution in [0.15, 0.2) is 24.4 Å². The molecule has 3 N–H and O–H groups in total. The molecule has 4 rings (SSSR count). The standard InChI is InChI=1S/C21H24FN3O3/c22-16-10-14(6-7-19(16)28-9-8-23-11-13-4-5-13)25-21(27)15-12-24-17-2-1-3-18(26)20(15)17/h6-7,10,12-13,23-24H,1-5,8-9,11H2,(H,25,27). The lowest BCUT2D eigenvalue weighted by atomic mass is 9.93. The summed E-state index contributed by atoms with van der Waals surface area (Å²) in [4.78, 5) is 27.7. The number of nitrogens with one attached hydrogen (secondary N) is 3. The van der Waals surface area contributed by atoms with E-state index in [4.69, 9.17) is 4.74 Å². The van der Waals surface area contributed by atoms with Crippen LogP contribution in [0, 0.1) is 11.7 Å². The van der Waals surface area contributed by atoms with Gasteiger partial charge in [0.15, 0.2) is 17.3 Å². The van der Waals surface area contributed by atoms with E-state index >= 15 is 0 Å². The Labute approximate surface area is 162 Å². The van der Waals surface area contributed by atoms with Gasteiger partial charge in [-0.05, 0) is 50.3 Å². The summed E-state index contributed by atoms with van der Waals surface area (Å²) >= 11 is 0. The van der Waals surface area contributed by atoms with Crippen molar-refractivity contribution < 1.29 is 18.7 Å². The molecule has 0 atom stereocenters. The number of hydrogen-bond acceptors (Lipinski definition) is 4. The van der Waals surface area contributed by atoms with Gasteiger partial charge in [-0.25, -0.2) is 4.39 Å². The molecule has 28 heavy (non-hydrogen) atoms. The van der Waals surface area contributed by atoms with Crippen LogP contribution in [0.4, 0.5) is 10.1 Å². The molecule has 0 saturated heterocycles. The molecule has 0 spiro atoms. The molecule has 0 unspecified atom stereocenters. The lowest BCUT2D eigenvalue weighted by Crippen LogP contribution is -2.23. The zero-order valence-corrected chi connectivity index (χ0v) is 15.6. The average Bonchev–Trinajstić information content (AvgIpc) is 3.39. The second kappa shape index (κ2) is 8.14. The molecule has 1 aromatic carbocycles. The Balaban J connectivity index is 1.34. The summed E-state index contributed by atoms with van der Waals surface area (Å²) in [5, 5.41) is 5.94. The van der Waals surface area contributed by atoms with Gasteiger partial charge in [0.25, 0.3) is 5.91 Å². The number of ketones is 1. The van der Waals surface area contributed by atoms with Crippen LogP contribution in [0.25, 0.3) is 0 Å². The Kier molecular flexibility index (Phi) is 5.43. The van der Waals surface area contributed by atoms with Crippen LogP contribution < -0.4 is 15.4 Å². The lowest BCUT2D eigenvalue weighted by Gasteiger charge is -2.12. The van der Waals surface area contributed by atoms with E-state index in [-0.39, 0.29) is 11.5 Å². The van der Waals surface area contributed by atoms with Crippen molar-refractivity contribution in [2.75, 3.05) is 25.0 Å². The number of carbonyl (C=O) groups excluding carboxylic acids is 2. The summed E-state index contributed by atoms with van der Waals surface area (Å²) < 4.78 is 19.7. The number of rotatable bonds is 8. The molecule has 0 bridgehead atoms. The van der Waals surface area contributed by atoms with Crippen molar-refractivity contribution in [1.82, 2.24) is 10.3 Å². The number of Topliss-reactive ketones (excluding diaryl/α,β-unsaturated/α-hetero) is 1. The van der Waals surface area contributed by atoms with E-state index in [1.54, 1.807) is 12.3 Å². The topological polar surface area (TPSA) is 83.2 Å². The van der Waals surface area contributed by atoms with Gasteiger partial charge in [0.2, 0.25) is 0 Å². The maximum Gasteiger partial charge on any atom is 0.257 e. The maximum atomic E-state index is 14.3. The fourth-order valence-corrected chi connectivity index (χ4v) is 3.47. The van der Waals surface area contributed by atoms with E-state index in [1.807, 2.05) is 0 Å². The second-order valence-corrected chi connectivity index (χ2v) is 7.43. The first-order chi connectivity index (χ1) is 13.6. The third-order valence-corrected chi connectivity index (χ3v) is 5.17. The summed E-state index contributed by atoms with van der Waals surface area (Å²) in [5.74, 6) is -0.0453. The molecule has 1 aromatic heterocycles. The third-order valence-electron chi connectivity index (χ3n) is 5.17. The number of amides is 1. The molecule has 0 aliphatic heterocycles. The number of anilines is 1. The van der Waals surface area contributed by atoms with Crippen molar-refractivity contribution in [3.63, 3.8) is 0 Å². The van der Waals surface area contributed by atoms with Gasteiger partial charge in [0, 0.05) is 36.6 Å². The van der Waals surface area contributed by atoms with E-state index in [1.165, 1.54) is 25.0 Å². The van der Waals surface area contributed by atoms with Crippen molar-refractivity contribution in [3.05, 3.63) is 47.0 Å². The minimum atomic E-state index is -0.535. The molecule has 2 aliphatic rings. The van der Waals surface area contributed by atoms with Gasteiger partial charge in [0.05, 0.1) is 11.1 Å². The summed E-state index contributed by atoms with van der Waals surface area (Å²) in [6.07, 6.45) is 6.11. The molecule has 6 nitrogen and oxygen atoms in total. The Hall–Kier alpha value is -2.67. The highest BCUT2D eigenvalue weighted by Gasteiger charge is 2.26. The first kappa shape index (κ1) is 18.7. The Bertz CT molecular complexity index is 889. The number of aryl methyl sites for hydroxylation is 1. The molecular weight excluding hydrogens is 361 g/mol. The minimum Gasteiger partial charge on any atom is -0.489 e. The van der Waals surface area contributed by atoms with Gasteiger partial charge in [0.1, 0.15) is 6.61 Å². The molecule has 1 amide bonds. The zero-order chi connectivity index (χ0) is 19.5. The number of fused-ring (bicyclic) bond motifs is 1. The number of halogens is 1. The number of carbonyl (C=O) groups is 2. The molecule has 1 fully saturated rings.